The lowest BCUT2D eigenvalue weighted by Gasteiger charge is -2.20. The first-order valence-corrected chi connectivity index (χ1v) is 8.48. The van der Waals surface area contributed by atoms with E-state index in [1.54, 1.807) is 0 Å². The van der Waals surface area contributed by atoms with E-state index in [2.05, 4.69) is 12.2 Å². The minimum Gasteiger partial charge on any atom is -0.365 e. The summed E-state index contributed by atoms with van der Waals surface area (Å²) in [6.07, 6.45) is 4.59. The predicted molar refractivity (Wildman–Crippen MR) is 86.7 cm³/mol. The summed E-state index contributed by atoms with van der Waals surface area (Å²) in [5.74, 6) is 0.498. The zero-order chi connectivity index (χ0) is 15.6. The Balaban J connectivity index is 2.27. The Morgan fingerprint density at radius 3 is 2.71 bits per heavy atom. The van der Waals surface area contributed by atoms with Gasteiger partial charge < -0.3 is 11.1 Å². The highest BCUT2D eigenvalue weighted by Crippen LogP contribution is 2.40. The Morgan fingerprint density at radius 1 is 1.43 bits per heavy atom. The van der Waals surface area contributed by atoms with Crippen LogP contribution in [0.15, 0.2) is 0 Å². The molecule has 0 aliphatic heterocycles. The number of rotatable bonds is 5. The van der Waals surface area contributed by atoms with Crippen LogP contribution in [0.25, 0.3) is 0 Å². The average molecular weight is 308 g/mol. The van der Waals surface area contributed by atoms with Crippen LogP contribution < -0.4 is 11.1 Å². The standard InChI is InChI=1S/C16H24N2O2S/c1-4-10-5-6-11-12(8-10)21-16(14(11)15(17)20)18-13(19)7-9(2)3/h9-10H,4-8H2,1-3H3,(H2,17,20)(H,18,19). The number of fused-ring (bicyclic) bond motifs is 1. The molecule has 1 unspecified atom stereocenters. The van der Waals surface area contributed by atoms with E-state index in [0.717, 1.165) is 31.2 Å². The van der Waals surface area contributed by atoms with Gasteiger partial charge in [0.25, 0.3) is 5.91 Å². The summed E-state index contributed by atoms with van der Waals surface area (Å²) < 4.78 is 0. The molecule has 0 saturated heterocycles. The molecular weight excluding hydrogens is 284 g/mol. The van der Waals surface area contributed by atoms with Crippen LogP contribution in [0.2, 0.25) is 0 Å². The number of hydrogen-bond donors (Lipinski definition) is 2. The van der Waals surface area contributed by atoms with Gasteiger partial charge in [0.15, 0.2) is 0 Å². The number of primary amides is 1. The van der Waals surface area contributed by atoms with Crippen LogP contribution in [-0.4, -0.2) is 11.8 Å². The third-order valence-electron chi connectivity index (χ3n) is 4.04. The first-order chi connectivity index (χ1) is 9.92. The molecule has 0 radical (unpaired) electrons. The zero-order valence-electron chi connectivity index (χ0n) is 13.0. The molecule has 4 nitrogen and oxygen atoms in total. The highest BCUT2D eigenvalue weighted by atomic mass is 32.1. The van der Waals surface area contributed by atoms with Crippen molar-refractivity contribution in [2.24, 2.45) is 17.6 Å². The molecule has 1 aromatic heterocycles. The monoisotopic (exact) mass is 308 g/mol. The Morgan fingerprint density at radius 2 is 2.14 bits per heavy atom. The summed E-state index contributed by atoms with van der Waals surface area (Å²) in [5, 5.41) is 3.54. The van der Waals surface area contributed by atoms with Crippen molar-refractivity contribution in [1.82, 2.24) is 0 Å². The summed E-state index contributed by atoms with van der Waals surface area (Å²) in [4.78, 5) is 25.0. The highest BCUT2D eigenvalue weighted by Gasteiger charge is 2.28. The van der Waals surface area contributed by atoms with Gasteiger partial charge in [-0.3, -0.25) is 9.59 Å². The summed E-state index contributed by atoms with van der Waals surface area (Å²) >= 11 is 1.53. The number of carbonyl (C=O) groups excluding carboxylic acids is 2. The second-order valence-corrected chi connectivity index (χ2v) is 7.34. The number of anilines is 1. The van der Waals surface area contributed by atoms with Crippen molar-refractivity contribution in [3.8, 4) is 0 Å². The van der Waals surface area contributed by atoms with Crippen LogP contribution in [0.5, 0.6) is 0 Å². The number of thiophene rings is 1. The van der Waals surface area contributed by atoms with Crippen LogP contribution >= 0.6 is 11.3 Å². The van der Waals surface area contributed by atoms with E-state index in [4.69, 9.17) is 5.73 Å². The minimum atomic E-state index is -0.428. The Hall–Kier alpha value is -1.36. The number of nitrogens with two attached hydrogens (primary N) is 1. The molecule has 1 aliphatic carbocycles. The third kappa shape index (κ3) is 3.64. The maximum absolute atomic E-state index is 12.0. The second-order valence-electron chi connectivity index (χ2n) is 6.24. The number of carbonyl (C=O) groups is 2. The fourth-order valence-electron chi connectivity index (χ4n) is 2.90. The molecule has 1 aromatic rings. The molecule has 0 aromatic carbocycles. The molecule has 1 atom stereocenters. The van der Waals surface area contributed by atoms with Crippen LogP contribution in [0.1, 0.15) is 60.8 Å². The van der Waals surface area contributed by atoms with Gasteiger partial charge >= 0.3 is 0 Å². The lowest BCUT2D eigenvalue weighted by Crippen LogP contribution is -2.20. The Labute approximate surface area is 130 Å². The molecule has 0 spiro atoms. The van der Waals surface area contributed by atoms with Crippen LogP contribution in [0.3, 0.4) is 0 Å². The van der Waals surface area contributed by atoms with E-state index in [1.165, 1.54) is 16.2 Å². The molecule has 21 heavy (non-hydrogen) atoms. The van der Waals surface area contributed by atoms with Crippen molar-refractivity contribution in [1.29, 1.82) is 0 Å². The largest absolute Gasteiger partial charge is 0.365 e. The molecule has 5 heteroatoms. The third-order valence-corrected chi connectivity index (χ3v) is 5.21. The van der Waals surface area contributed by atoms with Gasteiger partial charge in [-0.05, 0) is 36.7 Å². The van der Waals surface area contributed by atoms with Gasteiger partial charge in [0.05, 0.1) is 5.56 Å². The number of hydrogen-bond acceptors (Lipinski definition) is 3. The van der Waals surface area contributed by atoms with E-state index in [0.29, 0.717) is 28.8 Å². The van der Waals surface area contributed by atoms with Crippen LogP contribution in [-0.2, 0) is 17.6 Å². The highest BCUT2D eigenvalue weighted by molar-refractivity contribution is 7.17. The minimum absolute atomic E-state index is 0.0434. The van der Waals surface area contributed by atoms with Crippen molar-refractivity contribution in [3.05, 3.63) is 16.0 Å². The van der Waals surface area contributed by atoms with Gasteiger partial charge in [0, 0.05) is 11.3 Å². The summed E-state index contributed by atoms with van der Waals surface area (Å²) in [5.41, 5.74) is 7.15. The summed E-state index contributed by atoms with van der Waals surface area (Å²) in [6, 6.07) is 0. The first kappa shape index (κ1) is 16.0. The fourth-order valence-corrected chi connectivity index (χ4v) is 4.28. The van der Waals surface area contributed by atoms with Crippen molar-refractivity contribution in [2.75, 3.05) is 5.32 Å². The smallest absolute Gasteiger partial charge is 0.251 e. The molecule has 1 heterocycles. The quantitative estimate of drug-likeness (QED) is 0.875. The lowest BCUT2D eigenvalue weighted by molar-refractivity contribution is -0.116. The van der Waals surface area contributed by atoms with Crippen LogP contribution in [0.4, 0.5) is 5.00 Å². The topological polar surface area (TPSA) is 72.2 Å². The summed E-state index contributed by atoms with van der Waals surface area (Å²) in [7, 11) is 0. The predicted octanol–water partition coefficient (Wildman–Crippen LogP) is 3.35. The van der Waals surface area contributed by atoms with Crippen molar-refractivity contribution in [2.45, 2.75) is 52.9 Å². The van der Waals surface area contributed by atoms with E-state index in [1.807, 2.05) is 13.8 Å². The SMILES string of the molecule is CCC1CCc2c(sc(NC(=O)CC(C)C)c2C(N)=O)C1. The molecule has 0 saturated carbocycles. The molecule has 2 amide bonds. The first-order valence-electron chi connectivity index (χ1n) is 7.66. The van der Waals surface area contributed by atoms with Gasteiger partial charge in [-0.15, -0.1) is 11.3 Å². The molecule has 2 rings (SSSR count). The Kier molecular flexibility index (Phi) is 5.04. The fraction of sp³-hybridized carbons (Fsp3) is 0.625. The molecule has 116 valence electrons. The van der Waals surface area contributed by atoms with E-state index in [-0.39, 0.29) is 5.91 Å². The van der Waals surface area contributed by atoms with Gasteiger partial charge in [0.1, 0.15) is 5.00 Å². The molecule has 1 aliphatic rings. The second kappa shape index (κ2) is 6.60. The van der Waals surface area contributed by atoms with Crippen molar-refractivity contribution in [3.63, 3.8) is 0 Å². The lowest BCUT2D eigenvalue weighted by atomic mass is 9.85. The van der Waals surface area contributed by atoms with Crippen molar-refractivity contribution < 1.29 is 9.59 Å². The van der Waals surface area contributed by atoms with E-state index >= 15 is 0 Å². The van der Waals surface area contributed by atoms with Crippen molar-refractivity contribution >= 4 is 28.2 Å². The molecule has 0 fully saturated rings. The van der Waals surface area contributed by atoms with Gasteiger partial charge in [-0.25, -0.2) is 0 Å². The maximum Gasteiger partial charge on any atom is 0.251 e. The van der Waals surface area contributed by atoms with E-state index in [9.17, 15) is 9.59 Å². The maximum atomic E-state index is 12.0. The Bertz CT molecular complexity index is 549. The number of amides is 2. The average Bonchev–Trinajstić information content (AvgIpc) is 2.73. The molecule has 3 N–H and O–H groups in total. The summed E-state index contributed by atoms with van der Waals surface area (Å²) in [6.45, 7) is 6.20. The van der Waals surface area contributed by atoms with Gasteiger partial charge in [0.2, 0.25) is 5.91 Å². The van der Waals surface area contributed by atoms with Gasteiger partial charge in [-0.2, -0.15) is 0 Å². The normalized spacial score (nSPS) is 17.6. The van der Waals surface area contributed by atoms with Crippen LogP contribution in [0, 0.1) is 11.8 Å². The zero-order valence-corrected chi connectivity index (χ0v) is 13.8. The number of nitrogens with one attached hydrogen (secondary N) is 1. The molecule has 0 bridgehead atoms. The van der Waals surface area contributed by atoms with E-state index < -0.39 is 5.91 Å². The van der Waals surface area contributed by atoms with Gasteiger partial charge in [-0.1, -0.05) is 27.2 Å². The molecular formula is C16H24N2O2S.